The van der Waals surface area contributed by atoms with Crippen molar-refractivity contribution >= 4 is 57.0 Å². The molecule has 0 amide bonds. The number of hydrogen-bond donors (Lipinski definition) is 0. The van der Waals surface area contributed by atoms with Crippen molar-refractivity contribution in [2.45, 2.75) is 0 Å². The predicted octanol–water partition coefficient (Wildman–Crippen LogP) is -3.64. The second-order valence-corrected chi connectivity index (χ2v) is 0.750. The molecule has 0 bridgehead atoms. The van der Waals surface area contributed by atoms with Crippen molar-refractivity contribution in [2.75, 3.05) is 0 Å². The van der Waals surface area contributed by atoms with E-state index >= 15 is 0 Å². The van der Waals surface area contributed by atoms with Crippen molar-refractivity contribution in [3.8, 4) is 0 Å². The zero-order valence-corrected chi connectivity index (χ0v) is 6.35. The van der Waals surface area contributed by atoms with Crippen molar-refractivity contribution < 1.29 is 14.1 Å². The molecular formula is BeCaO3Si+2. The first-order valence-electron chi connectivity index (χ1n) is 0.612. The number of hydrogen-bond acceptors (Lipinski definition) is 3. The summed E-state index contributed by atoms with van der Waals surface area (Å²) in [5.41, 5.74) is 0. The van der Waals surface area contributed by atoms with Crippen molar-refractivity contribution in [1.29, 1.82) is 0 Å². The molecule has 0 aliphatic heterocycles. The molecule has 0 aromatic rings. The molecule has 0 aliphatic rings. The van der Waals surface area contributed by atoms with E-state index < -0.39 is 9.17 Å². The molecule has 0 unspecified atom stereocenters. The molecule has 0 fully saturated rings. The molecule has 0 saturated carbocycles. The van der Waals surface area contributed by atoms with Gasteiger partial charge in [-0.15, -0.1) is 0 Å². The van der Waals surface area contributed by atoms with Gasteiger partial charge in [-0.3, -0.25) is 0 Å². The smallest absolute Gasteiger partial charge is 0.672 e. The zero-order valence-electron chi connectivity index (χ0n) is 3.14. The van der Waals surface area contributed by atoms with Crippen LogP contribution >= 0.6 is 0 Å². The van der Waals surface area contributed by atoms with Gasteiger partial charge in [-0.1, -0.05) is 0 Å². The van der Waals surface area contributed by atoms with Crippen LogP contribution in [0.1, 0.15) is 0 Å². The van der Waals surface area contributed by atoms with Crippen LogP contribution in [0.2, 0.25) is 0 Å². The Kier molecular flexibility index (Phi) is 24.7. The van der Waals surface area contributed by atoms with Crippen molar-refractivity contribution in [3.05, 3.63) is 0 Å². The SMILES string of the molecule is O=[Si]([O-])[O-].[Be+2].[Ca+2]. The Balaban J connectivity index is -0.0000000450. The van der Waals surface area contributed by atoms with Crippen LogP contribution in [-0.4, -0.2) is 57.0 Å². The minimum absolute atomic E-state index is 0. The monoisotopic (exact) mass is 125 g/mol. The van der Waals surface area contributed by atoms with Crippen molar-refractivity contribution in [1.82, 2.24) is 0 Å². The molecule has 6 heavy (non-hydrogen) atoms. The van der Waals surface area contributed by atoms with Gasteiger partial charge < -0.3 is 14.1 Å². The van der Waals surface area contributed by atoms with E-state index in [0.29, 0.717) is 0 Å². The van der Waals surface area contributed by atoms with Crippen LogP contribution in [0.25, 0.3) is 0 Å². The van der Waals surface area contributed by atoms with E-state index in [2.05, 4.69) is 0 Å². The summed E-state index contributed by atoms with van der Waals surface area (Å²) >= 11 is 0. The summed E-state index contributed by atoms with van der Waals surface area (Å²) in [6, 6.07) is 0. The fourth-order valence-corrected chi connectivity index (χ4v) is 0. The van der Waals surface area contributed by atoms with E-state index in [1.54, 1.807) is 0 Å². The molecule has 0 rings (SSSR count). The average Bonchev–Trinajstić information content (AvgIpc) is 0.811. The molecule has 24 valence electrons. The third kappa shape index (κ3) is 75.5. The standard InChI is InChI=1S/Be.Ca.O3Si/c;;1-4(2)3/q2*+2;-2. The first kappa shape index (κ1) is 15.7. The van der Waals surface area contributed by atoms with Crippen LogP contribution < -0.4 is 9.59 Å². The van der Waals surface area contributed by atoms with Crippen LogP contribution in [0.4, 0.5) is 0 Å². The van der Waals surface area contributed by atoms with E-state index in [9.17, 15) is 0 Å². The Morgan fingerprint density at radius 1 is 1.33 bits per heavy atom. The molecule has 6 heteroatoms. The van der Waals surface area contributed by atoms with E-state index in [-0.39, 0.29) is 47.9 Å². The summed E-state index contributed by atoms with van der Waals surface area (Å²) in [7, 11) is -3.63. The van der Waals surface area contributed by atoms with Gasteiger partial charge in [-0.2, -0.15) is 0 Å². The first-order chi connectivity index (χ1) is 1.73. The fourth-order valence-electron chi connectivity index (χ4n) is 0. The zero-order chi connectivity index (χ0) is 3.58. The maximum atomic E-state index is 8.52. The molecule has 0 heterocycles. The van der Waals surface area contributed by atoms with E-state index in [1.165, 1.54) is 0 Å². The van der Waals surface area contributed by atoms with Gasteiger partial charge >= 0.3 is 47.9 Å². The van der Waals surface area contributed by atoms with Gasteiger partial charge in [0.2, 0.25) is 0 Å². The van der Waals surface area contributed by atoms with Crippen molar-refractivity contribution in [3.63, 3.8) is 0 Å². The molecule has 3 nitrogen and oxygen atoms in total. The molecule has 0 aliphatic carbocycles. The summed E-state index contributed by atoms with van der Waals surface area (Å²) in [6.45, 7) is 0. The van der Waals surface area contributed by atoms with Gasteiger partial charge in [-0.05, 0) is 0 Å². The predicted molar refractivity (Wildman–Crippen MR) is 17.9 cm³/mol. The van der Waals surface area contributed by atoms with E-state index in [0.717, 1.165) is 0 Å². The topological polar surface area (TPSA) is 63.2 Å². The molecule has 0 spiro atoms. The molecule has 0 saturated heterocycles. The molecule has 0 aromatic carbocycles. The average molecular weight is 125 g/mol. The molecule has 0 N–H and O–H groups in total. The fraction of sp³-hybridized carbons (Fsp3) is 0. The minimum Gasteiger partial charge on any atom is -0.672 e. The number of rotatable bonds is 0. The van der Waals surface area contributed by atoms with Crippen LogP contribution in [0.3, 0.4) is 0 Å². The summed E-state index contributed by atoms with van der Waals surface area (Å²) in [5.74, 6) is 0. The first-order valence-corrected chi connectivity index (χ1v) is 1.84. The van der Waals surface area contributed by atoms with Crippen LogP contribution in [0.5, 0.6) is 0 Å². The summed E-state index contributed by atoms with van der Waals surface area (Å²) in [4.78, 5) is 17.0. The third-order valence-electron chi connectivity index (χ3n) is 0. The second-order valence-electron chi connectivity index (χ2n) is 0.250. The summed E-state index contributed by atoms with van der Waals surface area (Å²) < 4.78 is 8.52. The van der Waals surface area contributed by atoms with Crippen molar-refractivity contribution in [2.24, 2.45) is 0 Å². The molecule has 0 aromatic heterocycles. The quantitative estimate of drug-likeness (QED) is 0.314. The third-order valence-corrected chi connectivity index (χ3v) is 0. The van der Waals surface area contributed by atoms with Crippen LogP contribution in [0.15, 0.2) is 0 Å². The Morgan fingerprint density at radius 3 is 1.33 bits per heavy atom. The normalized spacial score (nSPS) is 4.00. The van der Waals surface area contributed by atoms with Gasteiger partial charge in [0.05, 0.1) is 0 Å². The minimum atomic E-state index is -3.63. The van der Waals surface area contributed by atoms with E-state index in [1.807, 2.05) is 0 Å². The van der Waals surface area contributed by atoms with E-state index in [4.69, 9.17) is 14.1 Å². The van der Waals surface area contributed by atoms with Gasteiger partial charge in [0.25, 0.3) is 0 Å². The molecule has 0 atom stereocenters. The maximum Gasteiger partial charge on any atom is 2.00 e. The Hall–Kier alpha value is 1.05. The molecule has 0 radical (unpaired) electrons. The van der Waals surface area contributed by atoms with Gasteiger partial charge in [0, 0.05) is 9.17 Å². The van der Waals surface area contributed by atoms with Gasteiger partial charge in [-0.25, -0.2) is 0 Å². The molecular weight excluding hydrogens is 125 g/mol. The summed E-state index contributed by atoms with van der Waals surface area (Å²) in [5, 5.41) is 0. The van der Waals surface area contributed by atoms with Gasteiger partial charge in [0.1, 0.15) is 0 Å². The van der Waals surface area contributed by atoms with Gasteiger partial charge in [0.15, 0.2) is 0 Å². The second kappa shape index (κ2) is 9.40. The Bertz CT molecular complexity index is 33.8. The Morgan fingerprint density at radius 2 is 1.33 bits per heavy atom. The maximum absolute atomic E-state index is 8.52. The van der Waals surface area contributed by atoms with Crippen LogP contribution in [0, 0.1) is 0 Å². The summed E-state index contributed by atoms with van der Waals surface area (Å²) in [6.07, 6.45) is 0. The van der Waals surface area contributed by atoms with Crippen LogP contribution in [-0.2, 0) is 4.46 Å². The largest absolute Gasteiger partial charge is 2.00 e. The Labute approximate surface area is 70.5 Å².